The number of ether oxygens (including phenoxy) is 1. The Balaban J connectivity index is 2.10. The molecule has 5 heteroatoms. The normalized spacial score (nSPS) is 10.3. The first-order valence-electron chi connectivity index (χ1n) is 6.73. The van der Waals surface area contributed by atoms with Gasteiger partial charge in [-0.3, -0.25) is 4.79 Å². The highest BCUT2D eigenvalue weighted by molar-refractivity contribution is 7.80. The standard InChI is InChI=1S/C16H18N2O2S/c1-12-5-2-3-6-13(12)11-20-14-7-4-9-18(16(14)19)10-8-15(17)21/h2-7,9H,8,10-11H2,1H3,(H2,17,21). The molecule has 0 unspecified atom stereocenters. The third kappa shape index (κ3) is 4.16. The number of nitrogens with two attached hydrogens (primary N) is 1. The lowest BCUT2D eigenvalue weighted by atomic mass is 10.1. The van der Waals surface area contributed by atoms with E-state index in [4.69, 9.17) is 22.7 Å². The van der Waals surface area contributed by atoms with Crippen LogP contribution in [0.3, 0.4) is 0 Å². The van der Waals surface area contributed by atoms with Gasteiger partial charge in [0, 0.05) is 19.2 Å². The summed E-state index contributed by atoms with van der Waals surface area (Å²) in [4.78, 5) is 12.6. The van der Waals surface area contributed by atoms with Crippen molar-refractivity contribution < 1.29 is 4.74 Å². The van der Waals surface area contributed by atoms with Crippen LogP contribution in [0.5, 0.6) is 5.75 Å². The molecule has 0 aliphatic carbocycles. The van der Waals surface area contributed by atoms with Crippen LogP contribution in [-0.4, -0.2) is 9.56 Å². The van der Waals surface area contributed by atoms with Gasteiger partial charge < -0.3 is 15.0 Å². The molecule has 0 radical (unpaired) electrons. The second-order valence-corrected chi connectivity index (χ2v) is 5.33. The Morgan fingerprint density at radius 1 is 1.29 bits per heavy atom. The number of hydrogen-bond donors (Lipinski definition) is 1. The summed E-state index contributed by atoms with van der Waals surface area (Å²) in [5, 5.41) is 0. The maximum atomic E-state index is 12.2. The minimum Gasteiger partial charge on any atom is -0.483 e. The van der Waals surface area contributed by atoms with Gasteiger partial charge in [0.15, 0.2) is 5.75 Å². The van der Waals surface area contributed by atoms with Crippen LogP contribution in [0.15, 0.2) is 47.4 Å². The Labute approximate surface area is 129 Å². The number of aryl methyl sites for hydroxylation is 2. The van der Waals surface area contributed by atoms with Crippen LogP contribution in [0.2, 0.25) is 0 Å². The predicted molar refractivity (Wildman–Crippen MR) is 87.6 cm³/mol. The van der Waals surface area contributed by atoms with Crippen LogP contribution < -0.4 is 16.0 Å². The zero-order chi connectivity index (χ0) is 15.2. The van der Waals surface area contributed by atoms with Crippen molar-refractivity contribution in [3.8, 4) is 5.75 Å². The molecule has 2 rings (SSSR count). The number of thiocarbonyl (C=S) groups is 1. The van der Waals surface area contributed by atoms with E-state index in [0.717, 1.165) is 11.1 Å². The largest absolute Gasteiger partial charge is 0.483 e. The minimum atomic E-state index is -0.165. The fourth-order valence-electron chi connectivity index (χ4n) is 1.96. The lowest BCUT2D eigenvalue weighted by Crippen LogP contribution is -2.23. The summed E-state index contributed by atoms with van der Waals surface area (Å²) in [5.74, 6) is 0.337. The number of nitrogens with zero attached hydrogens (tertiary/aromatic N) is 1. The average molecular weight is 302 g/mol. The van der Waals surface area contributed by atoms with Crippen molar-refractivity contribution in [2.75, 3.05) is 0 Å². The van der Waals surface area contributed by atoms with Gasteiger partial charge in [-0.1, -0.05) is 36.5 Å². The molecular weight excluding hydrogens is 284 g/mol. The molecule has 0 aliphatic heterocycles. The third-order valence-electron chi connectivity index (χ3n) is 3.23. The van der Waals surface area contributed by atoms with E-state index in [0.29, 0.717) is 30.3 Å². The van der Waals surface area contributed by atoms with Crippen LogP contribution in [-0.2, 0) is 13.2 Å². The molecule has 4 nitrogen and oxygen atoms in total. The molecule has 1 aromatic carbocycles. The van der Waals surface area contributed by atoms with E-state index in [1.165, 1.54) is 0 Å². The fourth-order valence-corrected chi connectivity index (χ4v) is 2.05. The number of pyridine rings is 1. The molecule has 110 valence electrons. The molecule has 1 aromatic heterocycles. The Morgan fingerprint density at radius 3 is 2.76 bits per heavy atom. The van der Waals surface area contributed by atoms with Crippen LogP contribution >= 0.6 is 12.2 Å². The third-order valence-corrected chi connectivity index (χ3v) is 3.43. The van der Waals surface area contributed by atoms with Crippen molar-refractivity contribution >= 4 is 17.2 Å². The molecule has 0 saturated heterocycles. The molecule has 0 fully saturated rings. The Morgan fingerprint density at radius 2 is 2.05 bits per heavy atom. The molecule has 1 heterocycles. The number of hydrogen-bond acceptors (Lipinski definition) is 3. The Bertz CT molecular complexity index is 695. The van der Waals surface area contributed by atoms with Gasteiger partial charge in [-0.25, -0.2) is 0 Å². The fraction of sp³-hybridized carbons (Fsp3) is 0.250. The van der Waals surface area contributed by atoms with E-state index in [1.54, 1.807) is 22.9 Å². The van der Waals surface area contributed by atoms with Crippen molar-refractivity contribution in [1.29, 1.82) is 0 Å². The van der Waals surface area contributed by atoms with Gasteiger partial charge in [0.25, 0.3) is 5.56 Å². The van der Waals surface area contributed by atoms with Crippen molar-refractivity contribution in [3.05, 3.63) is 64.1 Å². The summed E-state index contributed by atoms with van der Waals surface area (Å²) in [6.45, 7) is 2.86. The maximum absolute atomic E-state index is 12.2. The minimum absolute atomic E-state index is 0.165. The maximum Gasteiger partial charge on any atom is 0.292 e. The van der Waals surface area contributed by atoms with Crippen LogP contribution in [0.1, 0.15) is 17.5 Å². The average Bonchev–Trinajstić information content (AvgIpc) is 2.46. The van der Waals surface area contributed by atoms with E-state index in [2.05, 4.69) is 0 Å². The molecule has 0 atom stereocenters. The van der Waals surface area contributed by atoms with E-state index < -0.39 is 0 Å². The summed E-state index contributed by atoms with van der Waals surface area (Å²) in [6, 6.07) is 11.4. The first-order chi connectivity index (χ1) is 10.1. The predicted octanol–water partition coefficient (Wildman–Crippen LogP) is 2.41. The monoisotopic (exact) mass is 302 g/mol. The molecule has 0 bridgehead atoms. The molecule has 0 saturated carbocycles. The van der Waals surface area contributed by atoms with Gasteiger partial charge in [-0.2, -0.15) is 0 Å². The lowest BCUT2D eigenvalue weighted by molar-refractivity contribution is 0.298. The zero-order valence-electron chi connectivity index (χ0n) is 11.9. The van der Waals surface area contributed by atoms with E-state index in [1.807, 2.05) is 31.2 Å². The summed E-state index contributed by atoms with van der Waals surface area (Å²) >= 11 is 4.83. The number of rotatable bonds is 6. The van der Waals surface area contributed by atoms with Crippen molar-refractivity contribution in [2.45, 2.75) is 26.5 Å². The second-order valence-electron chi connectivity index (χ2n) is 4.80. The Kier molecular flexibility index (Phi) is 5.11. The highest BCUT2D eigenvalue weighted by Crippen LogP contribution is 2.11. The van der Waals surface area contributed by atoms with Crippen molar-refractivity contribution in [3.63, 3.8) is 0 Å². The van der Waals surface area contributed by atoms with Gasteiger partial charge in [-0.05, 0) is 30.2 Å². The number of benzene rings is 1. The summed E-state index contributed by atoms with van der Waals surface area (Å²) in [5.41, 5.74) is 7.51. The number of aromatic nitrogens is 1. The molecule has 0 spiro atoms. The molecule has 0 aliphatic rings. The van der Waals surface area contributed by atoms with E-state index in [-0.39, 0.29) is 5.56 Å². The smallest absolute Gasteiger partial charge is 0.292 e. The second kappa shape index (κ2) is 7.04. The molecular formula is C16H18N2O2S. The van der Waals surface area contributed by atoms with Gasteiger partial charge in [0.1, 0.15) is 6.61 Å². The highest BCUT2D eigenvalue weighted by atomic mass is 32.1. The lowest BCUT2D eigenvalue weighted by Gasteiger charge is -2.10. The van der Waals surface area contributed by atoms with Crippen LogP contribution in [0, 0.1) is 6.92 Å². The molecule has 2 N–H and O–H groups in total. The molecule has 21 heavy (non-hydrogen) atoms. The van der Waals surface area contributed by atoms with Gasteiger partial charge in [-0.15, -0.1) is 0 Å². The van der Waals surface area contributed by atoms with Crippen molar-refractivity contribution in [1.82, 2.24) is 4.57 Å². The van der Waals surface area contributed by atoms with Crippen LogP contribution in [0.4, 0.5) is 0 Å². The first kappa shape index (κ1) is 15.3. The SMILES string of the molecule is Cc1ccccc1COc1cccn(CCC(N)=S)c1=O. The quantitative estimate of drug-likeness (QED) is 0.833. The topological polar surface area (TPSA) is 57.2 Å². The van der Waals surface area contributed by atoms with Crippen LogP contribution in [0.25, 0.3) is 0 Å². The molecule has 2 aromatic rings. The first-order valence-corrected chi connectivity index (χ1v) is 7.14. The summed E-state index contributed by atoms with van der Waals surface area (Å²) in [6.07, 6.45) is 2.21. The van der Waals surface area contributed by atoms with E-state index >= 15 is 0 Å². The zero-order valence-corrected chi connectivity index (χ0v) is 12.7. The summed E-state index contributed by atoms with van der Waals surface area (Å²) < 4.78 is 7.22. The van der Waals surface area contributed by atoms with Gasteiger partial charge in [0.2, 0.25) is 0 Å². The van der Waals surface area contributed by atoms with E-state index in [9.17, 15) is 4.79 Å². The highest BCUT2D eigenvalue weighted by Gasteiger charge is 2.06. The Hall–Kier alpha value is -2.14. The summed E-state index contributed by atoms with van der Waals surface area (Å²) in [7, 11) is 0. The van der Waals surface area contributed by atoms with Gasteiger partial charge in [0.05, 0.1) is 4.99 Å². The van der Waals surface area contributed by atoms with Crippen molar-refractivity contribution in [2.24, 2.45) is 5.73 Å². The van der Waals surface area contributed by atoms with Gasteiger partial charge >= 0.3 is 0 Å². The molecule has 0 amide bonds.